The zero-order chi connectivity index (χ0) is 19.1. The number of nitrogens with zero attached hydrogens (tertiary/aromatic N) is 1. The number of amides is 2. The molecule has 0 saturated heterocycles. The van der Waals surface area contributed by atoms with Gasteiger partial charge in [0.05, 0.1) is 0 Å². The van der Waals surface area contributed by atoms with Gasteiger partial charge in [-0.25, -0.2) is 0 Å². The van der Waals surface area contributed by atoms with E-state index in [-0.39, 0.29) is 11.8 Å². The molecule has 0 saturated carbocycles. The van der Waals surface area contributed by atoms with Crippen molar-refractivity contribution in [3.8, 4) is 0 Å². The van der Waals surface area contributed by atoms with Crippen LogP contribution in [0.1, 0.15) is 38.5 Å². The first kappa shape index (κ1) is 18.4. The van der Waals surface area contributed by atoms with Crippen LogP contribution in [-0.2, 0) is 6.42 Å². The van der Waals surface area contributed by atoms with Crippen LogP contribution < -0.4 is 10.6 Å². The highest BCUT2D eigenvalue weighted by Gasteiger charge is 2.10. The maximum absolute atomic E-state index is 12.2. The second-order valence-electron chi connectivity index (χ2n) is 6.20. The van der Waals surface area contributed by atoms with Crippen molar-refractivity contribution in [3.63, 3.8) is 0 Å². The van der Waals surface area contributed by atoms with Gasteiger partial charge in [-0.15, -0.1) is 0 Å². The number of aryl methyl sites for hydroxylation is 2. The summed E-state index contributed by atoms with van der Waals surface area (Å²) in [6, 6.07) is 18.3. The van der Waals surface area contributed by atoms with Crippen LogP contribution in [0.3, 0.4) is 0 Å². The highest BCUT2D eigenvalue weighted by atomic mass is 16.5. The average molecular weight is 363 g/mol. The summed E-state index contributed by atoms with van der Waals surface area (Å²) in [7, 11) is 0. The molecule has 1 heterocycles. The number of hydrogen-bond acceptors (Lipinski definition) is 4. The maximum Gasteiger partial charge on any atom is 0.256 e. The molecule has 27 heavy (non-hydrogen) atoms. The minimum absolute atomic E-state index is 0.151. The third kappa shape index (κ3) is 5.28. The predicted octanol–water partition coefficient (Wildman–Crippen LogP) is 3.60. The normalized spacial score (nSPS) is 10.4. The number of carbonyl (C=O) groups excluding carboxylic acids is 2. The molecule has 0 aliphatic rings. The molecule has 3 rings (SSSR count). The maximum atomic E-state index is 12.2. The van der Waals surface area contributed by atoms with E-state index < -0.39 is 0 Å². The average Bonchev–Trinajstić information content (AvgIpc) is 3.10. The van der Waals surface area contributed by atoms with E-state index in [4.69, 9.17) is 4.52 Å². The van der Waals surface area contributed by atoms with Gasteiger partial charge in [0.2, 0.25) is 0 Å². The molecule has 0 aliphatic carbocycles. The molecule has 0 bridgehead atoms. The van der Waals surface area contributed by atoms with Crippen molar-refractivity contribution in [2.45, 2.75) is 19.8 Å². The Hall–Kier alpha value is -3.41. The van der Waals surface area contributed by atoms with Crippen molar-refractivity contribution in [2.24, 2.45) is 0 Å². The molecule has 6 nitrogen and oxygen atoms in total. The number of aromatic nitrogens is 1. The lowest BCUT2D eigenvalue weighted by Gasteiger charge is -2.06. The molecule has 0 fully saturated rings. The molecule has 0 unspecified atom stereocenters. The Balaban J connectivity index is 1.47. The van der Waals surface area contributed by atoms with Crippen LogP contribution in [0, 0.1) is 6.92 Å². The molecule has 2 amide bonds. The SMILES string of the molecule is Cc1cc(NC(=O)c2ccc(C(=O)NCCCc3ccccc3)cc2)no1. The molecule has 0 atom stereocenters. The highest BCUT2D eigenvalue weighted by molar-refractivity contribution is 6.04. The Bertz CT molecular complexity index is 902. The Morgan fingerprint density at radius 2 is 1.63 bits per heavy atom. The Morgan fingerprint density at radius 1 is 0.963 bits per heavy atom. The molecule has 0 aliphatic heterocycles. The fraction of sp³-hybridized carbons (Fsp3) is 0.190. The number of anilines is 1. The van der Waals surface area contributed by atoms with Crippen LogP contribution >= 0.6 is 0 Å². The standard InChI is InChI=1S/C21H21N3O3/c1-15-14-19(24-27-15)23-21(26)18-11-9-17(10-12-18)20(25)22-13-5-8-16-6-3-2-4-7-16/h2-4,6-7,9-12,14H,5,8,13H2,1H3,(H,22,25)(H,23,24,26). The Kier molecular flexibility index (Phi) is 5.99. The van der Waals surface area contributed by atoms with Crippen LogP contribution in [0.5, 0.6) is 0 Å². The Labute approximate surface area is 157 Å². The molecule has 138 valence electrons. The second kappa shape index (κ2) is 8.80. The van der Waals surface area contributed by atoms with Crippen LogP contribution in [0.25, 0.3) is 0 Å². The zero-order valence-corrected chi connectivity index (χ0v) is 15.1. The monoisotopic (exact) mass is 363 g/mol. The van der Waals surface area contributed by atoms with Crippen LogP contribution in [0.2, 0.25) is 0 Å². The molecule has 1 aromatic heterocycles. The quantitative estimate of drug-likeness (QED) is 0.628. The molecule has 0 spiro atoms. The molecule has 0 radical (unpaired) electrons. The number of benzene rings is 2. The van der Waals surface area contributed by atoms with Gasteiger partial charge in [0.25, 0.3) is 11.8 Å². The summed E-state index contributed by atoms with van der Waals surface area (Å²) < 4.78 is 4.91. The molecule has 6 heteroatoms. The van der Waals surface area contributed by atoms with E-state index in [1.807, 2.05) is 18.2 Å². The molecule has 3 aromatic rings. The van der Waals surface area contributed by atoms with Gasteiger partial charge in [-0.3, -0.25) is 9.59 Å². The van der Waals surface area contributed by atoms with Crippen LogP contribution in [0.4, 0.5) is 5.82 Å². The summed E-state index contributed by atoms with van der Waals surface area (Å²) in [6.07, 6.45) is 1.79. The lowest BCUT2D eigenvalue weighted by molar-refractivity contribution is 0.0951. The lowest BCUT2D eigenvalue weighted by Crippen LogP contribution is -2.24. The highest BCUT2D eigenvalue weighted by Crippen LogP contribution is 2.11. The fourth-order valence-corrected chi connectivity index (χ4v) is 2.63. The molecule has 2 aromatic carbocycles. The third-order valence-corrected chi connectivity index (χ3v) is 4.05. The Morgan fingerprint density at radius 3 is 2.26 bits per heavy atom. The van der Waals surface area contributed by atoms with E-state index in [2.05, 4.69) is 27.9 Å². The number of rotatable bonds is 7. The number of carbonyl (C=O) groups is 2. The predicted molar refractivity (Wildman–Crippen MR) is 103 cm³/mol. The third-order valence-electron chi connectivity index (χ3n) is 4.05. The van der Waals surface area contributed by atoms with Crippen molar-refractivity contribution in [1.82, 2.24) is 10.5 Å². The first-order valence-electron chi connectivity index (χ1n) is 8.79. The second-order valence-corrected chi connectivity index (χ2v) is 6.20. The van der Waals surface area contributed by atoms with Crippen LogP contribution in [0.15, 0.2) is 65.2 Å². The number of nitrogens with one attached hydrogen (secondary N) is 2. The fourth-order valence-electron chi connectivity index (χ4n) is 2.63. The van der Waals surface area contributed by atoms with E-state index in [0.29, 0.717) is 29.2 Å². The van der Waals surface area contributed by atoms with Gasteiger partial charge in [-0.2, -0.15) is 0 Å². The van der Waals surface area contributed by atoms with Crippen molar-refractivity contribution >= 4 is 17.6 Å². The van der Waals surface area contributed by atoms with Crippen LogP contribution in [-0.4, -0.2) is 23.5 Å². The summed E-state index contributed by atoms with van der Waals surface area (Å²) >= 11 is 0. The minimum Gasteiger partial charge on any atom is -0.360 e. The van der Waals surface area contributed by atoms with E-state index >= 15 is 0 Å². The van der Waals surface area contributed by atoms with Gasteiger partial charge < -0.3 is 15.2 Å². The van der Waals surface area contributed by atoms with Gasteiger partial charge in [0.1, 0.15) is 5.76 Å². The van der Waals surface area contributed by atoms with E-state index in [1.54, 1.807) is 37.3 Å². The topological polar surface area (TPSA) is 84.2 Å². The van der Waals surface area contributed by atoms with Crippen molar-refractivity contribution in [1.29, 1.82) is 0 Å². The van der Waals surface area contributed by atoms with Gasteiger partial charge in [0.15, 0.2) is 5.82 Å². The van der Waals surface area contributed by atoms with Gasteiger partial charge >= 0.3 is 0 Å². The smallest absolute Gasteiger partial charge is 0.256 e. The van der Waals surface area contributed by atoms with Crippen molar-refractivity contribution in [3.05, 3.63) is 83.1 Å². The zero-order valence-electron chi connectivity index (χ0n) is 15.1. The van der Waals surface area contributed by atoms with Crippen molar-refractivity contribution < 1.29 is 14.1 Å². The summed E-state index contributed by atoms with van der Waals surface area (Å²) in [4.78, 5) is 24.4. The summed E-state index contributed by atoms with van der Waals surface area (Å²) in [5, 5.41) is 9.26. The van der Waals surface area contributed by atoms with Gasteiger partial charge in [-0.1, -0.05) is 35.5 Å². The van der Waals surface area contributed by atoms with E-state index in [9.17, 15) is 9.59 Å². The molecule has 2 N–H and O–H groups in total. The summed E-state index contributed by atoms with van der Waals surface area (Å²) in [5.74, 6) is 0.516. The summed E-state index contributed by atoms with van der Waals surface area (Å²) in [6.45, 7) is 2.34. The largest absolute Gasteiger partial charge is 0.360 e. The van der Waals surface area contributed by atoms with Gasteiger partial charge in [-0.05, 0) is 49.6 Å². The van der Waals surface area contributed by atoms with Gasteiger partial charge in [0, 0.05) is 23.7 Å². The number of hydrogen-bond donors (Lipinski definition) is 2. The van der Waals surface area contributed by atoms with Crippen molar-refractivity contribution in [2.75, 3.05) is 11.9 Å². The molecular weight excluding hydrogens is 342 g/mol. The van der Waals surface area contributed by atoms with E-state index in [1.165, 1.54) is 5.56 Å². The first-order valence-corrected chi connectivity index (χ1v) is 8.79. The lowest BCUT2D eigenvalue weighted by atomic mass is 10.1. The minimum atomic E-state index is -0.307. The molecular formula is C21H21N3O3. The summed E-state index contributed by atoms with van der Waals surface area (Å²) in [5.41, 5.74) is 2.21. The van der Waals surface area contributed by atoms with E-state index in [0.717, 1.165) is 12.8 Å². The first-order chi connectivity index (χ1) is 13.1.